The third-order valence-electron chi connectivity index (χ3n) is 8.85. The van der Waals surface area contributed by atoms with Crippen LogP contribution >= 0.6 is 0 Å². The number of aliphatic carboxylic acids is 1. The lowest BCUT2D eigenvalue weighted by atomic mass is 10.0. The van der Waals surface area contributed by atoms with Gasteiger partial charge in [-0.25, -0.2) is 0 Å². The fraction of sp³-hybridized carbons (Fsp3) is 0.275. The minimum atomic E-state index is -4.53. The van der Waals surface area contributed by atoms with E-state index in [1.54, 1.807) is 6.20 Å². The Balaban J connectivity index is 1.15. The number of carbonyl (C=O) groups excluding carboxylic acids is 4. The van der Waals surface area contributed by atoms with E-state index in [-0.39, 0.29) is 25.8 Å². The van der Waals surface area contributed by atoms with E-state index in [4.69, 9.17) is 0 Å². The maximum Gasteiger partial charge on any atom is 0.416 e. The molecule has 0 aliphatic heterocycles. The first kappa shape index (κ1) is 39.0. The van der Waals surface area contributed by atoms with Crippen LogP contribution in [0, 0.1) is 0 Å². The average Bonchev–Trinajstić information content (AvgIpc) is 3.55. The molecule has 54 heavy (non-hydrogen) atoms. The molecule has 0 bridgehead atoms. The molecule has 2 atom stereocenters. The number of rotatable bonds is 17. The summed E-state index contributed by atoms with van der Waals surface area (Å²) in [4.78, 5) is 66.8. The van der Waals surface area contributed by atoms with Crippen LogP contribution in [0.3, 0.4) is 0 Å². The summed E-state index contributed by atoms with van der Waals surface area (Å²) in [6, 6.07) is 23.7. The highest BCUT2D eigenvalue weighted by molar-refractivity contribution is 5.93. The highest BCUT2D eigenvalue weighted by atomic mass is 19.4. The Kier molecular flexibility index (Phi) is 13.0. The Bertz CT molecular complexity index is 2130. The summed E-state index contributed by atoms with van der Waals surface area (Å²) < 4.78 is 39.1. The van der Waals surface area contributed by atoms with E-state index in [1.807, 2.05) is 60.7 Å². The van der Waals surface area contributed by atoms with Crippen LogP contribution in [0.25, 0.3) is 21.7 Å². The number of H-pyrrole nitrogens is 1. The molecule has 0 fully saturated rings. The number of carboxylic acids is 1. The van der Waals surface area contributed by atoms with Crippen LogP contribution in [0.1, 0.15) is 41.5 Å². The van der Waals surface area contributed by atoms with Gasteiger partial charge in [-0.05, 0) is 52.4 Å². The number of aromatic amines is 1. The van der Waals surface area contributed by atoms with Crippen molar-refractivity contribution in [3.63, 3.8) is 0 Å². The number of amides is 4. The Morgan fingerprint density at radius 3 is 1.98 bits per heavy atom. The monoisotopic (exact) mass is 743 g/mol. The van der Waals surface area contributed by atoms with E-state index in [9.17, 15) is 42.3 Å². The third kappa shape index (κ3) is 11.2. The first-order chi connectivity index (χ1) is 25.9. The van der Waals surface area contributed by atoms with Crippen LogP contribution in [0.5, 0.6) is 0 Å². The van der Waals surface area contributed by atoms with Gasteiger partial charge in [-0.2, -0.15) is 13.2 Å². The molecule has 0 aliphatic rings. The lowest BCUT2D eigenvalue weighted by Gasteiger charge is -2.19. The summed E-state index contributed by atoms with van der Waals surface area (Å²) >= 11 is 0. The van der Waals surface area contributed by atoms with Gasteiger partial charge in [0.05, 0.1) is 12.0 Å². The molecule has 4 amide bonds. The van der Waals surface area contributed by atoms with Crippen molar-refractivity contribution in [2.24, 2.45) is 0 Å². The Morgan fingerprint density at radius 1 is 0.685 bits per heavy atom. The quantitative estimate of drug-likeness (QED) is 0.0798. The molecule has 5 aromatic rings. The van der Waals surface area contributed by atoms with E-state index in [2.05, 4.69) is 32.3 Å². The molecule has 5 rings (SSSR count). The summed E-state index contributed by atoms with van der Waals surface area (Å²) in [5.74, 6) is -4.03. The first-order valence-electron chi connectivity index (χ1n) is 17.4. The van der Waals surface area contributed by atoms with Crippen molar-refractivity contribution in [1.82, 2.24) is 26.3 Å². The van der Waals surface area contributed by atoms with Crippen molar-refractivity contribution in [2.45, 2.75) is 56.8 Å². The number of hydrogen-bond donors (Lipinski definition) is 6. The molecule has 0 spiro atoms. The van der Waals surface area contributed by atoms with Crippen LogP contribution in [0.2, 0.25) is 0 Å². The van der Waals surface area contributed by atoms with E-state index in [0.29, 0.717) is 18.5 Å². The van der Waals surface area contributed by atoms with Gasteiger partial charge in [-0.3, -0.25) is 24.0 Å². The summed E-state index contributed by atoms with van der Waals surface area (Å²) in [5.41, 5.74) is 2.16. The zero-order chi connectivity index (χ0) is 38.7. The minimum Gasteiger partial charge on any atom is -0.481 e. The standard InChI is InChI=1S/C40H40F3N5O6/c41-40(42,43)30-9-5-6-25(21-30)16-18-45-39(54)34(23-37(51)52)48-36(50)15-14-35(49)47-33(22-29-24-46-32-11-4-3-10-31(29)32)38(53)44-19-17-26-12-13-27-7-1-2-8-28(27)20-26/h1-13,20-21,24,33-34,46H,14-19,22-23H2,(H,44,53)(H,45,54)(H,47,49)(H,48,50)(H,51,52)/t33-,34+/m0/s1. The van der Waals surface area contributed by atoms with E-state index >= 15 is 0 Å². The normalized spacial score (nSPS) is 12.5. The summed E-state index contributed by atoms with van der Waals surface area (Å²) in [6.45, 7) is 0.198. The second-order valence-electron chi connectivity index (χ2n) is 12.9. The number of hydrogen-bond acceptors (Lipinski definition) is 5. The number of fused-ring (bicyclic) bond motifs is 2. The van der Waals surface area contributed by atoms with Gasteiger partial charge in [0.1, 0.15) is 12.1 Å². The number of nitrogens with one attached hydrogen (secondary N) is 5. The lowest BCUT2D eigenvalue weighted by molar-refractivity contribution is -0.140. The number of aromatic nitrogens is 1. The number of alkyl halides is 3. The van der Waals surface area contributed by atoms with Gasteiger partial charge in [-0.15, -0.1) is 0 Å². The molecule has 0 saturated heterocycles. The topological polar surface area (TPSA) is 169 Å². The van der Waals surface area contributed by atoms with Crippen molar-refractivity contribution in [3.8, 4) is 0 Å². The van der Waals surface area contributed by atoms with Gasteiger partial charge in [-0.1, -0.05) is 78.9 Å². The molecule has 282 valence electrons. The first-order valence-corrected chi connectivity index (χ1v) is 17.4. The molecule has 14 heteroatoms. The second kappa shape index (κ2) is 18.0. The molecule has 0 aliphatic carbocycles. The zero-order valence-electron chi connectivity index (χ0n) is 29.2. The van der Waals surface area contributed by atoms with Gasteiger partial charge in [0.2, 0.25) is 23.6 Å². The maximum absolute atomic E-state index is 13.5. The van der Waals surface area contributed by atoms with Gasteiger partial charge < -0.3 is 31.4 Å². The smallest absolute Gasteiger partial charge is 0.416 e. The molecule has 4 aromatic carbocycles. The van der Waals surface area contributed by atoms with Crippen LogP contribution < -0.4 is 21.3 Å². The molecule has 0 unspecified atom stereocenters. The largest absolute Gasteiger partial charge is 0.481 e. The Hall–Kier alpha value is -6.18. The van der Waals surface area contributed by atoms with E-state index < -0.39 is 66.3 Å². The summed E-state index contributed by atoms with van der Waals surface area (Å²) in [5, 5.41) is 22.8. The van der Waals surface area contributed by atoms with Crippen LogP contribution in [0.4, 0.5) is 13.2 Å². The van der Waals surface area contributed by atoms with Gasteiger partial charge in [0.25, 0.3) is 0 Å². The number of benzene rings is 4. The molecule has 11 nitrogen and oxygen atoms in total. The maximum atomic E-state index is 13.5. The summed E-state index contributed by atoms with van der Waals surface area (Å²) in [7, 11) is 0. The molecule has 6 N–H and O–H groups in total. The van der Waals surface area contributed by atoms with Crippen molar-refractivity contribution in [3.05, 3.63) is 119 Å². The molecule has 1 heterocycles. The number of carbonyl (C=O) groups is 5. The Morgan fingerprint density at radius 2 is 1.30 bits per heavy atom. The molecule has 0 radical (unpaired) electrons. The predicted octanol–water partition coefficient (Wildman–Crippen LogP) is 4.82. The molecule has 1 aromatic heterocycles. The van der Waals surface area contributed by atoms with Gasteiger partial charge in [0, 0.05) is 49.5 Å². The third-order valence-corrected chi connectivity index (χ3v) is 8.85. The minimum absolute atomic E-state index is 0.0281. The number of carboxylic acid groups (broad SMARTS) is 1. The van der Waals surface area contributed by atoms with Crippen molar-refractivity contribution in [1.29, 1.82) is 0 Å². The lowest BCUT2D eigenvalue weighted by Crippen LogP contribution is -2.49. The van der Waals surface area contributed by atoms with E-state index in [1.165, 1.54) is 12.1 Å². The number of halogens is 3. The zero-order valence-corrected chi connectivity index (χ0v) is 29.2. The highest BCUT2D eigenvalue weighted by Gasteiger charge is 2.30. The SMILES string of the molecule is O=C(O)C[C@@H](NC(=O)CCC(=O)N[C@@H](Cc1c[nH]c2ccccc12)C(=O)NCCc1ccc2ccccc2c1)C(=O)NCCc1cccc(C(F)(F)F)c1. The Labute approximate surface area is 308 Å². The fourth-order valence-electron chi connectivity index (χ4n) is 6.08. The predicted molar refractivity (Wildman–Crippen MR) is 196 cm³/mol. The molecular formula is C40H40F3N5O6. The van der Waals surface area contributed by atoms with Crippen LogP contribution in [0.15, 0.2) is 97.2 Å². The summed E-state index contributed by atoms with van der Waals surface area (Å²) in [6.07, 6.45) is -3.56. The van der Waals surface area contributed by atoms with E-state index in [0.717, 1.165) is 44.9 Å². The van der Waals surface area contributed by atoms with Crippen molar-refractivity contribution >= 4 is 51.3 Å². The van der Waals surface area contributed by atoms with Crippen molar-refractivity contribution in [2.75, 3.05) is 13.1 Å². The molecular weight excluding hydrogens is 703 g/mol. The average molecular weight is 744 g/mol. The van der Waals surface area contributed by atoms with Crippen molar-refractivity contribution < 1.29 is 42.3 Å². The number of para-hydroxylation sites is 1. The van der Waals surface area contributed by atoms with Crippen LogP contribution in [-0.4, -0.2) is 64.9 Å². The second-order valence-corrected chi connectivity index (χ2v) is 12.9. The van der Waals surface area contributed by atoms with Crippen LogP contribution in [-0.2, 0) is 49.4 Å². The van der Waals surface area contributed by atoms with Gasteiger partial charge in [0.15, 0.2) is 0 Å². The van der Waals surface area contributed by atoms with Gasteiger partial charge >= 0.3 is 12.1 Å². The molecule has 0 saturated carbocycles. The fourth-order valence-corrected chi connectivity index (χ4v) is 6.08. The highest BCUT2D eigenvalue weighted by Crippen LogP contribution is 2.29.